The Bertz CT molecular complexity index is 624. The van der Waals surface area contributed by atoms with Crippen LogP contribution in [0.25, 0.3) is 0 Å². The molecular formula is C16H21N3O5. The average molecular weight is 335 g/mol. The Kier molecular flexibility index (Phi) is 6.11. The van der Waals surface area contributed by atoms with Gasteiger partial charge in [-0.1, -0.05) is 25.7 Å². The molecule has 2 N–H and O–H groups in total. The lowest BCUT2D eigenvalue weighted by atomic mass is 10.1. The predicted octanol–water partition coefficient (Wildman–Crippen LogP) is 2.38. The summed E-state index contributed by atoms with van der Waals surface area (Å²) in [7, 11) is 1.33. The molecule has 0 bridgehead atoms. The quantitative estimate of drug-likeness (QED) is 0.380. The number of nitro benzene ring substituents is 1. The van der Waals surface area contributed by atoms with Gasteiger partial charge < -0.3 is 15.4 Å². The topological polar surface area (TPSA) is 111 Å². The fourth-order valence-electron chi connectivity index (χ4n) is 2.75. The summed E-state index contributed by atoms with van der Waals surface area (Å²) < 4.78 is 5.03. The molecule has 0 atom stereocenters. The van der Waals surface area contributed by atoms with E-state index in [9.17, 15) is 19.7 Å². The Morgan fingerprint density at radius 2 is 1.83 bits per heavy atom. The van der Waals surface area contributed by atoms with Crippen molar-refractivity contribution in [1.82, 2.24) is 5.32 Å². The molecule has 1 aromatic carbocycles. The maximum atomic E-state index is 12.0. The van der Waals surface area contributed by atoms with Crippen LogP contribution in [-0.4, -0.2) is 29.9 Å². The van der Waals surface area contributed by atoms with Crippen LogP contribution in [0.15, 0.2) is 18.2 Å². The van der Waals surface area contributed by atoms with Crippen LogP contribution >= 0.6 is 0 Å². The number of benzene rings is 1. The van der Waals surface area contributed by atoms with Crippen LogP contribution < -0.4 is 15.4 Å². The lowest BCUT2D eigenvalue weighted by Gasteiger charge is -2.16. The van der Waals surface area contributed by atoms with Gasteiger partial charge in [-0.15, -0.1) is 0 Å². The maximum absolute atomic E-state index is 12.0. The fourth-order valence-corrected chi connectivity index (χ4v) is 2.75. The summed E-state index contributed by atoms with van der Waals surface area (Å²) in [5, 5.41) is 15.9. The molecule has 24 heavy (non-hydrogen) atoms. The molecule has 0 saturated heterocycles. The Labute approximate surface area is 139 Å². The van der Waals surface area contributed by atoms with E-state index in [-0.39, 0.29) is 23.2 Å². The van der Waals surface area contributed by atoms with Gasteiger partial charge in [0.15, 0.2) is 0 Å². The first-order valence-corrected chi connectivity index (χ1v) is 7.95. The second kappa shape index (κ2) is 8.28. The Balaban J connectivity index is 2.00. The molecule has 0 heterocycles. The van der Waals surface area contributed by atoms with Crippen LogP contribution in [0, 0.1) is 10.1 Å². The summed E-state index contributed by atoms with van der Waals surface area (Å²) in [5.74, 6) is -1.39. The first-order valence-electron chi connectivity index (χ1n) is 7.95. The van der Waals surface area contributed by atoms with Gasteiger partial charge in [0, 0.05) is 12.1 Å². The van der Waals surface area contributed by atoms with E-state index < -0.39 is 16.7 Å². The van der Waals surface area contributed by atoms with Crippen LogP contribution in [0.3, 0.4) is 0 Å². The molecule has 0 radical (unpaired) electrons. The molecule has 0 aromatic heterocycles. The number of hydrogen-bond acceptors (Lipinski definition) is 5. The second-order valence-corrected chi connectivity index (χ2v) is 5.76. The number of anilines is 1. The van der Waals surface area contributed by atoms with E-state index in [1.807, 2.05) is 0 Å². The monoisotopic (exact) mass is 335 g/mol. The van der Waals surface area contributed by atoms with Gasteiger partial charge in [0.1, 0.15) is 5.75 Å². The Morgan fingerprint density at radius 1 is 1.17 bits per heavy atom. The van der Waals surface area contributed by atoms with Crippen molar-refractivity contribution >= 4 is 23.2 Å². The first-order chi connectivity index (χ1) is 11.5. The Morgan fingerprint density at radius 3 is 2.42 bits per heavy atom. The minimum absolute atomic E-state index is 0.0181. The van der Waals surface area contributed by atoms with Crippen LogP contribution in [0.1, 0.15) is 38.5 Å². The summed E-state index contributed by atoms with van der Waals surface area (Å²) in [5.41, 5.74) is 0.0527. The number of rotatable bonds is 4. The highest BCUT2D eigenvalue weighted by molar-refractivity contribution is 6.39. The average Bonchev–Trinajstić information content (AvgIpc) is 2.83. The lowest BCUT2D eigenvalue weighted by Crippen LogP contribution is -2.41. The molecule has 0 unspecified atom stereocenters. The predicted molar refractivity (Wildman–Crippen MR) is 87.9 cm³/mol. The summed E-state index contributed by atoms with van der Waals surface area (Å²) >= 11 is 0. The van der Waals surface area contributed by atoms with Gasteiger partial charge in [-0.3, -0.25) is 19.7 Å². The first kappa shape index (κ1) is 17.7. The molecular weight excluding hydrogens is 314 g/mol. The van der Waals surface area contributed by atoms with Gasteiger partial charge in [-0.2, -0.15) is 0 Å². The number of non-ortho nitro benzene ring substituents is 1. The third-order valence-corrected chi connectivity index (χ3v) is 4.04. The van der Waals surface area contributed by atoms with E-state index in [0.29, 0.717) is 0 Å². The van der Waals surface area contributed by atoms with E-state index in [2.05, 4.69) is 10.6 Å². The van der Waals surface area contributed by atoms with Crippen molar-refractivity contribution in [1.29, 1.82) is 0 Å². The van der Waals surface area contributed by atoms with E-state index in [0.717, 1.165) is 38.5 Å². The number of nitro groups is 1. The number of ether oxygens (including phenoxy) is 1. The van der Waals surface area contributed by atoms with Gasteiger partial charge in [0.05, 0.1) is 23.8 Å². The molecule has 2 rings (SSSR count). The highest BCUT2D eigenvalue weighted by Gasteiger charge is 2.21. The van der Waals surface area contributed by atoms with Gasteiger partial charge in [-0.25, -0.2) is 0 Å². The molecule has 8 nitrogen and oxygen atoms in total. The van der Waals surface area contributed by atoms with Gasteiger partial charge in [0.25, 0.3) is 5.69 Å². The molecule has 1 aromatic rings. The molecule has 2 amide bonds. The van der Waals surface area contributed by atoms with Crippen LogP contribution in [-0.2, 0) is 9.59 Å². The highest BCUT2D eigenvalue weighted by Crippen LogP contribution is 2.28. The zero-order valence-corrected chi connectivity index (χ0v) is 13.5. The largest absolute Gasteiger partial charge is 0.494 e. The standard InChI is InChI=1S/C16H21N3O5/c1-24-14-10-12(19(22)23)8-9-13(14)18-16(21)15(20)17-11-6-4-2-3-5-7-11/h8-11H,2-7H2,1H3,(H,17,20)(H,18,21). The summed E-state index contributed by atoms with van der Waals surface area (Å²) in [4.78, 5) is 34.3. The van der Waals surface area contributed by atoms with Crippen molar-refractivity contribution in [3.63, 3.8) is 0 Å². The number of amides is 2. The van der Waals surface area contributed by atoms with E-state index in [4.69, 9.17) is 4.74 Å². The number of hydrogen-bond donors (Lipinski definition) is 2. The lowest BCUT2D eigenvalue weighted by molar-refractivity contribution is -0.384. The van der Waals surface area contributed by atoms with Crippen LogP contribution in [0.5, 0.6) is 5.75 Å². The number of methoxy groups -OCH3 is 1. The third-order valence-electron chi connectivity index (χ3n) is 4.04. The number of carbonyl (C=O) groups excluding carboxylic acids is 2. The summed E-state index contributed by atoms with van der Waals surface area (Å²) in [6.45, 7) is 0. The van der Waals surface area contributed by atoms with E-state index >= 15 is 0 Å². The smallest absolute Gasteiger partial charge is 0.313 e. The minimum atomic E-state index is -0.814. The zero-order valence-electron chi connectivity index (χ0n) is 13.5. The van der Waals surface area contributed by atoms with Crippen molar-refractivity contribution in [3.05, 3.63) is 28.3 Å². The SMILES string of the molecule is COc1cc([N+](=O)[O-])ccc1NC(=O)C(=O)NC1CCCCCC1. The normalized spacial score (nSPS) is 15.2. The number of carbonyl (C=O) groups is 2. The van der Waals surface area contributed by atoms with Crippen molar-refractivity contribution < 1.29 is 19.2 Å². The zero-order chi connectivity index (χ0) is 17.5. The summed E-state index contributed by atoms with van der Waals surface area (Å²) in [6.07, 6.45) is 6.14. The van der Waals surface area contributed by atoms with E-state index in [1.54, 1.807) is 0 Å². The highest BCUT2D eigenvalue weighted by atomic mass is 16.6. The molecule has 1 saturated carbocycles. The molecule has 0 spiro atoms. The minimum Gasteiger partial charge on any atom is -0.494 e. The molecule has 130 valence electrons. The number of nitrogens with one attached hydrogen (secondary N) is 2. The fraction of sp³-hybridized carbons (Fsp3) is 0.500. The van der Waals surface area contributed by atoms with Gasteiger partial charge in [-0.05, 0) is 18.9 Å². The van der Waals surface area contributed by atoms with Crippen molar-refractivity contribution in [2.75, 3.05) is 12.4 Å². The Hall–Kier alpha value is -2.64. The van der Waals surface area contributed by atoms with Gasteiger partial charge >= 0.3 is 11.8 Å². The van der Waals surface area contributed by atoms with Crippen molar-refractivity contribution in [2.24, 2.45) is 0 Å². The molecule has 1 fully saturated rings. The maximum Gasteiger partial charge on any atom is 0.313 e. The molecule has 8 heteroatoms. The van der Waals surface area contributed by atoms with E-state index in [1.165, 1.54) is 25.3 Å². The van der Waals surface area contributed by atoms with Crippen LogP contribution in [0.2, 0.25) is 0 Å². The van der Waals surface area contributed by atoms with Crippen LogP contribution in [0.4, 0.5) is 11.4 Å². The third kappa shape index (κ3) is 4.68. The molecule has 1 aliphatic rings. The second-order valence-electron chi connectivity index (χ2n) is 5.76. The van der Waals surface area contributed by atoms with Crippen molar-refractivity contribution in [3.8, 4) is 5.75 Å². The molecule has 0 aliphatic heterocycles. The number of nitrogens with zero attached hydrogens (tertiary/aromatic N) is 1. The summed E-state index contributed by atoms with van der Waals surface area (Å²) in [6, 6.07) is 3.79. The van der Waals surface area contributed by atoms with Crippen molar-refractivity contribution in [2.45, 2.75) is 44.6 Å². The molecule has 1 aliphatic carbocycles. The van der Waals surface area contributed by atoms with Gasteiger partial charge in [0.2, 0.25) is 0 Å².